The maximum Gasteiger partial charge on any atom is 0.214 e. The van der Waals surface area contributed by atoms with Gasteiger partial charge in [-0.3, -0.25) is 0 Å². The highest BCUT2D eigenvalue weighted by molar-refractivity contribution is 9.10. The van der Waals surface area contributed by atoms with E-state index in [1.165, 1.54) is 4.31 Å². The molecule has 0 aromatic heterocycles. The molecule has 0 aliphatic carbocycles. The molecule has 4 nitrogen and oxygen atoms in total. The van der Waals surface area contributed by atoms with Gasteiger partial charge in [0.25, 0.3) is 0 Å². The summed E-state index contributed by atoms with van der Waals surface area (Å²) in [4.78, 5) is 0. The lowest BCUT2D eigenvalue weighted by Crippen LogP contribution is -2.29. The van der Waals surface area contributed by atoms with E-state index in [2.05, 4.69) is 21.2 Å². The molecule has 0 aliphatic rings. The van der Waals surface area contributed by atoms with Crippen LogP contribution >= 0.6 is 15.9 Å². The molecule has 1 aromatic rings. The molecule has 0 amide bonds. The van der Waals surface area contributed by atoms with Gasteiger partial charge < -0.3 is 5.32 Å². The van der Waals surface area contributed by atoms with E-state index in [0.29, 0.717) is 19.5 Å². The molecule has 1 rings (SSSR count). The predicted molar refractivity (Wildman–Crippen MR) is 77.9 cm³/mol. The largest absolute Gasteiger partial charge is 0.320 e. The number of nitrogens with zero attached hydrogens (tertiary/aromatic N) is 1. The Bertz CT molecular complexity index is 477. The molecule has 0 saturated heterocycles. The summed E-state index contributed by atoms with van der Waals surface area (Å²) in [5.41, 5.74) is 0.976. The zero-order chi connectivity index (χ0) is 13.6. The van der Waals surface area contributed by atoms with Gasteiger partial charge in [0.2, 0.25) is 10.0 Å². The highest BCUT2D eigenvalue weighted by Crippen LogP contribution is 2.14. The number of benzene rings is 1. The Morgan fingerprint density at radius 3 is 2.72 bits per heavy atom. The molecule has 1 N–H and O–H groups in total. The van der Waals surface area contributed by atoms with E-state index in [-0.39, 0.29) is 5.75 Å². The van der Waals surface area contributed by atoms with Crippen molar-refractivity contribution in [2.75, 3.05) is 26.4 Å². The Morgan fingerprint density at radius 1 is 1.39 bits per heavy atom. The van der Waals surface area contributed by atoms with Gasteiger partial charge in [-0.25, -0.2) is 12.7 Å². The highest BCUT2D eigenvalue weighted by Gasteiger charge is 2.17. The van der Waals surface area contributed by atoms with Crippen LogP contribution in [0.15, 0.2) is 28.7 Å². The quantitative estimate of drug-likeness (QED) is 0.774. The number of hydrogen-bond donors (Lipinski definition) is 1. The summed E-state index contributed by atoms with van der Waals surface area (Å²) in [5, 5.41) is 2.95. The first-order valence-electron chi connectivity index (χ1n) is 5.79. The molecule has 0 saturated carbocycles. The van der Waals surface area contributed by atoms with Gasteiger partial charge in [0.1, 0.15) is 0 Å². The molecule has 0 heterocycles. The van der Waals surface area contributed by atoms with E-state index < -0.39 is 10.0 Å². The van der Waals surface area contributed by atoms with Crippen molar-refractivity contribution in [2.45, 2.75) is 13.0 Å². The molecular weight excluding hydrogens is 316 g/mol. The van der Waals surface area contributed by atoms with Crippen molar-refractivity contribution >= 4 is 26.0 Å². The SMILES string of the molecule is CNCCCS(=O)(=O)N(C)Cc1cccc(Br)c1. The van der Waals surface area contributed by atoms with Gasteiger partial charge in [0, 0.05) is 18.1 Å². The monoisotopic (exact) mass is 334 g/mol. The predicted octanol–water partition coefficient (Wildman–Crippen LogP) is 1.82. The van der Waals surface area contributed by atoms with Crippen LogP contribution in [0.3, 0.4) is 0 Å². The van der Waals surface area contributed by atoms with Gasteiger partial charge in [0.15, 0.2) is 0 Å². The zero-order valence-corrected chi connectivity index (χ0v) is 13.1. The van der Waals surface area contributed by atoms with Crippen LogP contribution in [-0.2, 0) is 16.6 Å². The average Bonchev–Trinajstić information content (AvgIpc) is 2.29. The van der Waals surface area contributed by atoms with E-state index in [4.69, 9.17) is 0 Å². The second-order valence-corrected chi connectivity index (χ2v) is 7.27. The van der Waals surface area contributed by atoms with Crippen molar-refractivity contribution in [2.24, 2.45) is 0 Å². The summed E-state index contributed by atoms with van der Waals surface area (Å²) in [6, 6.07) is 7.68. The lowest BCUT2D eigenvalue weighted by atomic mass is 10.2. The van der Waals surface area contributed by atoms with Crippen LogP contribution in [0.5, 0.6) is 0 Å². The molecule has 0 bridgehead atoms. The molecule has 0 atom stereocenters. The maximum absolute atomic E-state index is 12.0. The molecule has 0 radical (unpaired) electrons. The van der Waals surface area contributed by atoms with E-state index in [0.717, 1.165) is 10.0 Å². The third kappa shape index (κ3) is 5.06. The van der Waals surface area contributed by atoms with Gasteiger partial charge in [0.05, 0.1) is 5.75 Å². The standard InChI is InChI=1S/C12H19BrN2O2S/c1-14-7-4-8-18(16,17)15(2)10-11-5-3-6-12(13)9-11/h3,5-6,9,14H,4,7-8,10H2,1-2H3. The van der Waals surface area contributed by atoms with Crippen molar-refractivity contribution in [1.29, 1.82) is 0 Å². The van der Waals surface area contributed by atoms with Gasteiger partial charge in [-0.1, -0.05) is 28.1 Å². The minimum atomic E-state index is -3.17. The second-order valence-electron chi connectivity index (χ2n) is 4.16. The van der Waals surface area contributed by atoms with Gasteiger partial charge in [-0.15, -0.1) is 0 Å². The van der Waals surface area contributed by atoms with Crippen LogP contribution < -0.4 is 5.32 Å². The molecule has 102 valence electrons. The van der Waals surface area contributed by atoms with Crippen LogP contribution in [0.1, 0.15) is 12.0 Å². The molecule has 0 aliphatic heterocycles. The van der Waals surface area contributed by atoms with E-state index >= 15 is 0 Å². The first-order valence-corrected chi connectivity index (χ1v) is 8.19. The van der Waals surface area contributed by atoms with Crippen LogP contribution in [0.4, 0.5) is 0 Å². The van der Waals surface area contributed by atoms with Crippen molar-refractivity contribution in [3.05, 3.63) is 34.3 Å². The molecule has 0 spiro atoms. The number of nitrogens with one attached hydrogen (secondary N) is 1. The fourth-order valence-electron chi connectivity index (χ4n) is 1.58. The molecule has 1 aromatic carbocycles. The molecular formula is C12H19BrN2O2S. The van der Waals surface area contributed by atoms with Gasteiger partial charge in [-0.2, -0.15) is 0 Å². The number of sulfonamides is 1. The summed E-state index contributed by atoms with van der Waals surface area (Å²) < 4.78 is 26.3. The molecule has 0 fully saturated rings. The minimum absolute atomic E-state index is 0.179. The van der Waals surface area contributed by atoms with Crippen LogP contribution in [-0.4, -0.2) is 39.1 Å². The van der Waals surface area contributed by atoms with Crippen molar-refractivity contribution in [3.8, 4) is 0 Å². The molecule has 6 heteroatoms. The van der Waals surface area contributed by atoms with E-state index in [1.54, 1.807) is 7.05 Å². The minimum Gasteiger partial charge on any atom is -0.320 e. The normalized spacial score (nSPS) is 12.0. The lowest BCUT2D eigenvalue weighted by Gasteiger charge is -2.17. The lowest BCUT2D eigenvalue weighted by molar-refractivity contribution is 0.465. The smallest absolute Gasteiger partial charge is 0.214 e. The Labute approximate surface area is 118 Å². The zero-order valence-electron chi connectivity index (χ0n) is 10.7. The van der Waals surface area contributed by atoms with Crippen LogP contribution in [0.2, 0.25) is 0 Å². The maximum atomic E-state index is 12.0. The van der Waals surface area contributed by atoms with Crippen LogP contribution in [0, 0.1) is 0 Å². The van der Waals surface area contributed by atoms with Gasteiger partial charge in [-0.05, 0) is 37.7 Å². The first-order chi connectivity index (χ1) is 8.45. The highest BCUT2D eigenvalue weighted by atomic mass is 79.9. The fraction of sp³-hybridized carbons (Fsp3) is 0.500. The Balaban J connectivity index is 2.61. The Morgan fingerprint density at radius 2 is 2.11 bits per heavy atom. The first kappa shape index (κ1) is 15.6. The van der Waals surface area contributed by atoms with E-state index in [9.17, 15) is 8.42 Å². The Kier molecular flexibility index (Phi) is 6.28. The van der Waals surface area contributed by atoms with Crippen molar-refractivity contribution < 1.29 is 8.42 Å². The average molecular weight is 335 g/mol. The third-order valence-electron chi connectivity index (χ3n) is 2.60. The number of halogens is 1. The third-order valence-corrected chi connectivity index (χ3v) is 4.97. The van der Waals surface area contributed by atoms with Crippen molar-refractivity contribution in [3.63, 3.8) is 0 Å². The summed E-state index contributed by atoms with van der Waals surface area (Å²) in [6.07, 6.45) is 0.627. The summed E-state index contributed by atoms with van der Waals surface area (Å²) in [7, 11) is 0.272. The summed E-state index contributed by atoms with van der Waals surface area (Å²) in [6.45, 7) is 1.12. The summed E-state index contributed by atoms with van der Waals surface area (Å²) >= 11 is 3.38. The van der Waals surface area contributed by atoms with E-state index in [1.807, 2.05) is 31.3 Å². The topological polar surface area (TPSA) is 49.4 Å². The summed E-state index contributed by atoms with van der Waals surface area (Å²) in [5.74, 6) is 0.179. The van der Waals surface area contributed by atoms with Crippen LogP contribution in [0.25, 0.3) is 0 Å². The second kappa shape index (κ2) is 7.23. The number of rotatable bonds is 7. The van der Waals surface area contributed by atoms with Gasteiger partial charge >= 0.3 is 0 Å². The molecule has 18 heavy (non-hydrogen) atoms. The Hall–Kier alpha value is -0.430. The van der Waals surface area contributed by atoms with Crippen molar-refractivity contribution in [1.82, 2.24) is 9.62 Å². The number of hydrogen-bond acceptors (Lipinski definition) is 3. The fourth-order valence-corrected chi connectivity index (χ4v) is 3.19. The molecule has 0 unspecified atom stereocenters.